The molecule has 4 nitrogen and oxygen atoms in total. The van der Waals surface area contributed by atoms with Crippen LogP contribution in [-0.4, -0.2) is 53.9 Å². The summed E-state index contributed by atoms with van der Waals surface area (Å²) in [4.78, 5) is 22.4. The smallest absolute Gasteiger partial charge is 0.254 e. The normalized spacial score (nSPS) is 15.7. The molecule has 0 N–H and O–H groups in total. The number of halogens is 1. The lowest BCUT2D eigenvalue weighted by molar-refractivity contribution is 0.0765. The van der Waals surface area contributed by atoms with Gasteiger partial charge in [0.2, 0.25) is 0 Å². The van der Waals surface area contributed by atoms with Crippen molar-refractivity contribution in [2.45, 2.75) is 6.42 Å². The molecule has 1 saturated heterocycles. The molecule has 0 atom stereocenters. The number of benzene rings is 2. The summed E-state index contributed by atoms with van der Waals surface area (Å²) in [6.45, 7) is 3.47. The molecule has 2 aromatic carbocycles. The van der Waals surface area contributed by atoms with Gasteiger partial charge >= 0.3 is 0 Å². The van der Waals surface area contributed by atoms with Crippen LogP contribution in [0.3, 0.4) is 0 Å². The minimum Gasteiger partial charge on any atom is -0.337 e. The van der Waals surface area contributed by atoms with Gasteiger partial charge in [0.05, 0.1) is 16.8 Å². The highest BCUT2D eigenvalue weighted by molar-refractivity contribution is 6.30. The van der Waals surface area contributed by atoms with E-state index in [0.29, 0.717) is 5.02 Å². The van der Waals surface area contributed by atoms with Gasteiger partial charge < -0.3 is 9.80 Å². The predicted octanol–water partition coefficient (Wildman–Crippen LogP) is 4.33. The monoisotopic (exact) mass is 379 g/mol. The van der Waals surface area contributed by atoms with E-state index in [0.717, 1.165) is 60.3 Å². The Bertz CT molecular complexity index is 971. The van der Waals surface area contributed by atoms with Gasteiger partial charge in [-0.15, -0.1) is 0 Å². The topological polar surface area (TPSA) is 36.4 Å². The van der Waals surface area contributed by atoms with E-state index in [1.54, 1.807) is 0 Å². The lowest BCUT2D eigenvalue weighted by atomic mass is 10.0. The molecule has 0 bridgehead atoms. The number of aromatic nitrogens is 1. The molecule has 3 aromatic rings. The van der Waals surface area contributed by atoms with Crippen molar-refractivity contribution in [3.8, 4) is 11.3 Å². The number of rotatable bonds is 2. The highest BCUT2D eigenvalue weighted by Gasteiger charge is 2.22. The lowest BCUT2D eigenvalue weighted by Gasteiger charge is -2.22. The number of likely N-dealkylation sites (N-methyl/N-ethyl adjacent to an activating group) is 1. The fraction of sp³-hybridized carbons (Fsp3) is 0.273. The van der Waals surface area contributed by atoms with Crippen LogP contribution in [0.15, 0.2) is 54.6 Å². The number of amides is 1. The first-order valence-electron chi connectivity index (χ1n) is 9.25. The first kappa shape index (κ1) is 18.0. The Kier molecular flexibility index (Phi) is 5.10. The summed E-state index contributed by atoms with van der Waals surface area (Å²) >= 11 is 6.02. The second-order valence-corrected chi connectivity index (χ2v) is 7.46. The van der Waals surface area contributed by atoms with Crippen molar-refractivity contribution >= 4 is 28.4 Å². The third-order valence-corrected chi connectivity index (χ3v) is 5.35. The van der Waals surface area contributed by atoms with E-state index in [2.05, 4.69) is 11.9 Å². The number of para-hydroxylation sites is 1. The Morgan fingerprint density at radius 2 is 1.78 bits per heavy atom. The lowest BCUT2D eigenvalue weighted by Crippen LogP contribution is -2.34. The molecule has 27 heavy (non-hydrogen) atoms. The summed E-state index contributed by atoms with van der Waals surface area (Å²) < 4.78 is 0. The number of nitrogens with zero attached hydrogens (tertiary/aromatic N) is 3. The molecule has 2 heterocycles. The molecular formula is C22H22ClN3O. The number of carbonyl (C=O) groups is 1. The van der Waals surface area contributed by atoms with Crippen molar-refractivity contribution < 1.29 is 4.79 Å². The highest BCUT2D eigenvalue weighted by Crippen LogP contribution is 2.27. The molecule has 1 aliphatic heterocycles. The molecule has 0 radical (unpaired) electrons. The van der Waals surface area contributed by atoms with E-state index >= 15 is 0 Å². The van der Waals surface area contributed by atoms with E-state index in [9.17, 15) is 4.79 Å². The van der Waals surface area contributed by atoms with Gasteiger partial charge in [0.15, 0.2) is 0 Å². The zero-order valence-corrected chi connectivity index (χ0v) is 16.1. The van der Waals surface area contributed by atoms with Crippen LogP contribution in [0.25, 0.3) is 22.2 Å². The van der Waals surface area contributed by atoms with Crippen LogP contribution in [0.4, 0.5) is 0 Å². The summed E-state index contributed by atoms with van der Waals surface area (Å²) in [5.41, 5.74) is 3.30. The van der Waals surface area contributed by atoms with Gasteiger partial charge in [0.25, 0.3) is 5.91 Å². The standard InChI is InChI=1S/C22H22ClN3O/c1-25-11-4-12-26(14-13-25)22(27)19-15-21(16-7-9-17(23)10-8-16)24-20-6-3-2-5-18(19)20/h2-3,5-10,15H,4,11-14H2,1H3. The van der Waals surface area contributed by atoms with E-state index in [1.807, 2.05) is 59.5 Å². The summed E-state index contributed by atoms with van der Waals surface area (Å²) in [5, 5.41) is 1.59. The Hall–Kier alpha value is -2.43. The molecule has 1 amide bonds. The number of carbonyl (C=O) groups excluding carboxylic acids is 1. The quantitative estimate of drug-likeness (QED) is 0.664. The van der Waals surface area contributed by atoms with E-state index in [1.165, 1.54) is 0 Å². The van der Waals surface area contributed by atoms with Crippen LogP contribution in [-0.2, 0) is 0 Å². The largest absolute Gasteiger partial charge is 0.337 e. The predicted molar refractivity (Wildman–Crippen MR) is 110 cm³/mol. The van der Waals surface area contributed by atoms with Gasteiger partial charge in [-0.3, -0.25) is 4.79 Å². The second kappa shape index (κ2) is 7.67. The maximum atomic E-state index is 13.4. The van der Waals surface area contributed by atoms with Gasteiger partial charge in [0.1, 0.15) is 0 Å². The van der Waals surface area contributed by atoms with E-state index in [4.69, 9.17) is 16.6 Å². The van der Waals surface area contributed by atoms with Crippen molar-refractivity contribution in [3.05, 3.63) is 65.2 Å². The average molecular weight is 380 g/mol. The van der Waals surface area contributed by atoms with Gasteiger partial charge in [-0.05, 0) is 44.3 Å². The summed E-state index contributed by atoms with van der Waals surface area (Å²) in [7, 11) is 2.11. The molecular weight excluding hydrogens is 358 g/mol. The zero-order valence-electron chi connectivity index (χ0n) is 15.4. The minimum absolute atomic E-state index is 0.0825. The van der Waals surface area contributed by atoms with Crippen molar-refractivity contribution in [1.82, 2.24) is 14.8 Å². The Morgan fingerprint density at radius 3 is 2.59 bits per heavy atom. The summed E-state index contributed by atoms with van der Waals surface area (Å²) in [6.07, 6.45) is 0.995. The Morgan fingerprint density at radius 1 is 1.00 bits per heavy atom. The molecule has 0 saturated carbocycles. The number of hydrogen-bond acceptors (Lipinski definition) is 3. The highest BCUT2D eigenvalue weighted by atomic mass is 35.5. The fourth-order valence-corrected chi connectivity index (χ4v) is 3.67. The summed E-state index contributed by atoms with van der Waals surface area (Å²) in [5.74, 6) is 0.0825. The zero-order chi connectivity index (χ0) is 18.8. The molecule has 1 fully saturated rings. The van der Waals surface area contributed by atoms with Crippen LogP contribution in [0.5, 0.6) is 0 Å². The molecule has 4 rings (SSSR count). The maximum Gasteiger partial charge on any atom is 0.254 e. The number of fused-ring (bicyclic) bond motifs is 1. The number of pyridine rings is 1. The first-order chi connectivity index (χ1) is 13.1. The van der Waals surface area contributed by atoms with Gasteiger partial charge in [-0.2, -0.15) is 0 Å². The first-order valence-corrected chi connectivity index (χ1v) is 9.63. The van der Waals surface area contributed by atoms with Crippen molar-refractivity contribution in [2.24, 2.45) is 0 Å². The SMILES string of the molecule is CN1CCCN(C(=O)c2cc(-c3ccc(Cl)cc3)nc3ccccc23)CC1. The maximum absolute atomic E-state index is 13.4. The van der Waals surface area contributed by atoms with Gasteiger partial charge in [0, 0.05) is 35.6 Å². The summed E-state index contributed by atoms with van der Waals surface area (Å²) in [6, 6.07) is 17.3. The van der Waals surface area contributed by atoms with E-state index < -0.39 is 0 Å². The molecule has 0 spiro atoms. The van der Waals surface area contributed by atoms with Crippen molar-refractivity contribution in [3.63, 3.8) is 0 Å². The number of hydrogen-bond donors (Lipinski definition) is 0. The van der Waals surface area contributed by atoms with E-state index in [-0.39, 0.29) is 5.91 Å². The van der Waals surface area contributed by atoms with Crippen LogP contribution in [0.1, 0.15) is 16.8 Å². The van der Waals surface area contributed by atoms with Gasteiger partial charge in [-0.1, -0.05) is 41.9 Å². The van der Waals surface area contributed by atoms with Gasteiger partial charge in [-0.25, -0.2) is 4.98 Å². The molecule has 138 valence electrons. The average Bonchev–Trinajstić information content (AvgIpc) is 2.91. The molecule has 0 unspecified atom stereocenters. The third kappa shape index (κ3) is 3.82. The molecule has 1 aromatic heterocycles. The van der Waals surface area contributed by atoms with Crippen molar-refractivity contribution in [1.29, 1.82) is 0 Å². The van der Waals surface area contributed by atoms with Crippen LogP contribution in [0, 0.1) is 0 Å². The van der Waals surface area contributed by atoms with Crippen LogP contribution >= 0.6 is 11.6 Å². The Balaban J connectivity index is 1.78. The molecule has 0 aliphatic carbocycles. The van der Waals surface area contributed by atoms with Crippen LogP contribution < -0.4 is 0 Å². The molecule has 1 aliphatic rings. The van der Waals surface area contributed by atoms with Crippen molar-refractivity contribution in [2.75, 3.05) is 33.2 Å². The molecule has 5 heteroatoms. The second-order valence-electron chi connectivity index (χ2n) is 7.03. The Labute approximate surface area is 164 Å². The fourth-order valence-electron chi connectivity index (χ4n) is 3.54. The minimum atomic E-state index is 0.0825. The van der Waals surface area contributed by atoms with Crippen LogP contribution in [0.2, 0.25) is 5.02 Å². The third-order valence-electron chi connectivity index (χ3n) is 5.09.